The maximum Gasteiger partial charge on any atom is 0.121 e. The molecule has 0 saturated carbocycles. The van der Waals surface area contributed by atoms with Crippen LogP contribution < -0.4 is 15.0 Å². The molecule has 1 aliphatic rings. The van der Waals surface area contributed by atoms with Gasteiger partial charge in [-0.1, -0.05) is 6.07 Å². The summed E-state index contributed by atoms with van der Waals surface area (Å²) < 4.78 is 5.73. The number of ether oxygens (including phenoxy) is 1. The van der Waals surface area contributed by atoms with Crippen molar-refractivity contribution in [3.8, 4) is 5.75 Å². The highest BCUT2D eigenvalue weighted by Gasteiger charge is 2.28. The van der Waals surface area contributed by atoms with E-state index in [2.05, 4.69) is 29.4 Å². The molecular formula is C17H28N2O2. The maximum atomic E-state index is 10.5. The van der Waals surface area contributed by atoms with Gasteiger partial charge in [-0.25, -0.2) is 0 Å². The van der Waals surface area contributed by atoms with Gasteiger partial charge >= 0.3 is 0 Å². The van der Waals surface area contributed by atoms with Crippen LogP contribution in [-0.4, -0.2) is 43.5 Å². The first-order valence-electron chi connectivity index (χ1n) is 7.89. The predicted octanol–water partition coefficient (Wildman–Crippen LogP) is 2.41. The molecule has 0 spiro atoms. The van der Waals surface area contributed by atoms with Gasteiger partial charge in [-0.3, -0.25) is 0 Å². The van der Waals surface area contributed by atoms with Crippen LogP contribution >= 0.6 is 0 Å². The third kappa shape index (κ3) is 4.90. The van der Waals surface area contributed by atoms with Crippen molar-refractivity contribution in [1.82, 2.24) is 5.32 Å². The zero-order chi connectivity index (χ0) is 15.3. The fourth-order valence-corrected chi connectivity index (χ4v) is 2.71. The molecule has 0 unspecified atom stereocenters. The van der Waals surface area contributed by atoms with E-state index in [9.17, 15) is 5.11 Å². The number of benzene rings is 1. The number of hydrogen-bond donors (Lipinski definition) is 2. The van der Waals surface area contributed by atoms with Crippen LogP contribution in [-0.2, 0) is 0 Å². The largest absolute Gasteiger partial charge is 0.491 e. The zero-order valence-corrected chi connectivity index (χ0v) is 13.4. The lowest BCUT2D eigenvalue weighted by Gasteiger charge is -2.34. The first-order chi connectivity index (χ1) is 9.98. The normalized spacial score (nSPS) is 17.8. The van der Waals surface area contributed by atoms with E-state index in [0.717, 1.165) is 50.3 Å². The Hall–Kier alpha value is -1.26. The van der Waals surface area contributed by atoms with Crippen molar-refractivity contribution >= 4 is 5.69 Å². The zero-order valence-electron chi connectivity index (χ0n) is 13.4. The van der Waals surface area contributed by atoms with E-state index in [-0.39, 0.29) is 6.10 Å². The van der Waals surface area contributed by atoms with Crippen LogP contribution in [0.1, 0.15) is 33.1 Å². The van der Waals surface area contributed by atoms with Crippen molar-refractivity contribution in [2.24, 2.45) is 0 Å². The van der Waals surface area contributed by atoms with Crippen molar-refractivity contribution in [3.05, 3.63) is 24.3 Å². The summed E-state index contributed by atoms with van der Waals surface area (Å²) in [5.74, 6) is 0.898. The molecule has 0 bridgehead atoms. The number of anilines is 1. The number of hydrogen-bond acceptors (Lipinski definition) is 4. The van der Waals surface area contributed by atoms with Crippen LogP contribution in [0, 0.1) is 0 Å². The molecular weight excluding hydrogens is 264 g/mol. The summed E-state index contributed by atoms with van der Waals surface area (Å²) >= 11 is 0. The molecule has 0 amide bonds. The van der Waals surface area contributed by atoms with E-state index in [0.29, 0.717) is 0 Å². The van der Waals surface area contributed by atoms with Crippen LogP contribution in [0.15, 0.2) is 24.3 Å². The van der Waals surface area contributed by atoms with Gasteiger partial charge in [-0.2, -0.15) is 0 Å². The van der Waals surface area contributed by atoms with Crippen molar-refractivity contribution < 1.29 is 9.84 Å². The lowest BCUT2D eigenvalue weighted by atomic mass is 9.89. The van der Waals surface area contributed by atoms with Crippen LogP contribution in [0.3, 0.4) is 0 Å². The van der Waals surface area contributed by atoms with E-state index in [4.69, 9.17) is 4.74 Å². The van der Waals surface area contributed by atoms with Gasteiger partial charge in [0.25, 0.3) is 0 Å². The van der Waals surface area contributed by atoms with E-state index in [1.165, 1.54) is 0 Å². The van der Waals surface area contributed by atoms with Gasteiger partial charge in [0.05, 0.1) is 11.7 Å². The quantitative estimate of drug-likeness (QED) is 0.845. The van der Waals surface area contributed by atoms with E-state index < -0.39 is 5.60 Å². The van der Waals surface area contributed by atoms with Gasteiger partial charge in [0.2, 0.25) is 0 Å². The molecule has 0 atom stereocenters. The summed E-state index contributed by atoms with van der Waals surface area (Å²) in [6.07, 6.45) is 2.68. The molecule has 1 heterocycles. The molecule has 1 fully saturated rings. The minimum atomic E-state index is -0.508. The van der Waals surface area contributed by atoms with Crippen LogP contribution in [0.2, 0.25) is 0 Å². The Kier molecular flexibility index (Phi) is 5.48. The summed E-state index contributed by atoms with van der Waals surface area (Å²) in [5.41, 5.74) is 0.622. The van der Waals surface area contributed by atoms with E-state index in [1.807, 2.05) is 26.0 Å². The summed E-state index contributed by atoms with van der Waals surface area (Å²) in [6.45, 7) is 6.74. The first-order valence-corrected chi connectivity index (χ1v) is 7.89. The Balaban J connectivity index is 1.91. The Bertz CT molecular complexity index is 442. The fourth-order valence-electron chi connectivity index (χ4n) is 2.71. The average Bonchev–Trinajstić information content (AvgIpc) is 2.45. The molecule has 0 aromatic heterocycles. The molecule has 1 aliphatic heterocycles. The van der Waals surface area contributed by atoms with Gasteiger partial charge < -0.3 is 20.1 Å². The Morgan fingerprint density at radius 3 is 2.71 bits per heavy atom. The molecule has 4 nitrogen and oxygen atoms in total. The monoisotopic (exact) mass is 292 g/mol. The van der Waals surface area contributed by atoms with Gasteiger partial charge in [0.15, 0.2) is 0 Å². The lowest BCUT2D eigenvalue weighted by molar-refractivity contribution is 0.00460. The van der Waals surface area contributed by atoms with Crippen LogP contribution in [0.25, 0.3) is 0 Å². The summed E-state index contributed by atoms with van der Waals surface area (Å²) in [4.78, 5) is 2.19. The number of rotatable bonds is 6. The molecule has 1 aromatic carbocycles. The van der Waals surface area contributed by atoms with Crippen molar-refractivity contribution in [2.45, 2.75) is 44.8 Å². The summed E-state index contributed by atoms with van der Waals surface area (Å²) in [7, 11) is 2.07. The maximum absolute atomic E-state index is 10.5. The SMILES string of the molecule is CC(C)Oc1cccc(N(C)CCC2(O)CCNCC2)c1. The van der Waals surface area contributed by atoms with Crippen LogP contribution in [0.5, 0.6) is 5.75 Å². The predicted molar refractivity (Wildman–Crippen MR) is 87.1 cm³/mol. The second-order valence-electron chi connectivity index (χ2n) is 6.31. The molecule has 2 N–H and O–H groups in total. The minimum absolute atomic E-state index is 0.181. The smallest absolute Gasteiger partial charge is 0.121 e. The van der Waals surface area contributed by atoms with Gasteiger partial charge in [-0.15, -0.1) is 0 Å². The van der Waals surface area contributed by atoms with E-state index >= 15 is 0 Å². The highest BCUT2D eigenvalue weighted by molar-refractivity contribution is 5.50. The number of nitrogens with zero attached hydrogens (tertiary/aromatic N) is 1. The Labute approximate surface area is 128 Å². The number of piperidine rings is 1. The summed E-state index contributed by atoms with van der Waals surface area (Å²) in [6, 6.07) is 8.15. The fraction of sp³-hybridized carbons (Fsp3) is 0.647. The highest BCUT2D eigenvalue weighted by atomic mass is 16.5. The summed E-state index contributed by atoms with van der Waals surface area (Å²) in [5, 5.41) is 13.8. The lowest BCUT2D eigenvalue weighted by Crippen LogP contribution is -2.43. The second kappa shape index (κ2) is 7.14. The molecule has 1 aromatic rings. The second-order valence-corrected chi connectivity index (χ2v) is 6.31. The Morgan fingerprint density at radius 2 is 2.05 bits per heavy atom. The third-order valence-corrected chi connectivity index (χ3v) is 4.08. The first kappa shape index (κ1) is 16.1. The van der Waals surface area contributed by atoms with Crippen molar-refractivity contribution in [2.75, 3.05) is 31.6 Å². The van der Waals surface area contributed by atoms with E-state index in [1.54, 1.807) is 0 Å². The highest BCUT2D eigenvalue weighted by Crippen LogP contribution is 2.25. The topological polar surface area (TPSA) is 44.7 Å². The Morgan fingerprint density at radius 1 is 1.33 bits per heavy atom. The van der Waals surface area contributed by atoms with Gasteiger partial charge in [-0.05, 0) is 58.3 Å². The molecule has 0 aliphatic carbocycles. The molecule has 118 valence electrons. The van der Waals surface area contributed by atoms with Crippen molar-refractivity contribution in [3.63, 3.8) is 0 Å². The third-order valence-electron chi connectivity index (χ3n) is 4.08. The minimum Gasteiger partial charge on any atom is -0.491 e. The number of aliphatic hydroxyl groups is 1. The van der Waals surface area contributed by atoms with Crippen molar-refractivity contribution in [1.29, 1.82) is 0 Å². The molecule has 2 rings (SSSR count). The average molecular weight is 292 g/mol. The van der Waals surface area contributed by atoms with Gasteiger partial charge in [0.1, 0.15) is 5.75 Å². The molecule has 21 heavy (non-hydrogen) atoms. The van der Waals surface area contributed by atoms with Gasteiger partial charge in [0, 0.05) is 25.3 Å². The number of nitrogens with one attached hydrogen (secondary N) is 1. The van der Waals surface area contributed by atoms with Crippen LogP contribution in [0.4, 0.5) is 5.69 Å². The molecule has 0 radical (unpaired) electrons. The molecule has 4 heteroatoms. The molecule has 1 saturated heterocycles. The standard InChI is InChI=1S/C17H28N2O2/c1-14(2)21-16-6-4-5-15(13-16)19(3)12-9-17(20)7-10-18-11-8-17/h4-6,13-14,18,20H,7-12H2,1-3H3.